The summed E-state index contributed by atoms with van der Waals surface area (Å²) in [5.74, 6) is -1.97. The third kappa shape index (κ3) is 4.51. The van der Waals surface area contributed by atoms with E-state index in [4.69, 9.17) is 16.3 Å². The molecule has 8 nitrogen and oxygen atoms in total. The van der Waals surface area contributed by atoms with Gasteiger partial charge in [0.25, 0.3) is 0 Å². The van der Waals surface area contributed by atoms with Crippen LogP contribution in [-0.4, -0.2) is 34.6 Å². The molecule has 1 aromatic heterocycles. The van der Waals surface area contributed by atoms with Gasteiger partial charge in [0.2, 0.25) is 17.7 Å². The Morgan fingerprint density at radius 2 is 1.65 bits per heavy atom. The topological polar surface area (TPSA) is 97.7 Å². The van der Waals surface area contributed by atoms with Gasteiger partial charge in [0.1, 0.15) is 17.5 Å². The Hall–Kier alpha value is -3.86. The largest absolute Gasteiger partial charge is 0.496 e. The van der Waals surface area contributed by atoms with Crippen LogP contribution in [0.1, 0.15) is 16.4 Å². The van der Waals surface area contributed by atoms with Crippen molar-refractivity contribution in [1.29, 1.82) is 0 Å². The van der Waals surface area contributed by atoms with Crippen LogP contribution in [0.25, 0.3) is 0 Å². The quantitative estimate of drug-likeness (QED) is 0.317. The Bertz CT molecular complexity index is 1690. The average Bonchev–Trinajstić information content (AvgIpc) is 3.40. The lowest BCUT2D eigenvalue weighted by Crippen LogP contribution is -2.33. The van der Waals surface area contributed by atoms with Gasteiger partial charge >= 0.3 is 4.87 Å². The fourth-order valence-electron chi connectivity index (χ4n) is 5.22. The monoisotopic (exact) mass is 591 g/mol. The number of fused-ring (bicyclic) bond motifs is 2. The van der Waals surface area contributed by atoms with Gasteiger partial charge in [0.05, 0.1) is 23.7 Å². The number of nitrogens with one attached hydrogen (secondary N) is 1. The zero-order chi connectivity index (χ0) is 28.0. The van der Waals surface area contributed by atoms with Crippen LogP contribution in [0.4, 0.5) is 11.4 Å². The number of nitrogens with zero attached hydrogens (tertiary/aromatic N) is 2. The molecule has 3 atom stereocenters. The predicted molar refractivity (Wildman–Crippen MR) is 156 cm³/mol. The molecular formula is C29H22ClN3O5S2. The molecule has 11 heteroatoms. The number of methoxy groups -OCH3 is 1. The number of imide groups is 1. The molecule has 2 aliphatic rings. The number of halogens is 1. The van der Waals surface area contributed by atoms with E-state index in [1.807, 2.05) is 24.3 Å². The molecule has 1 N–H and O–H groups in total. The molecule has 3 heterocycles. The van der Waals surface area contributed by atoms with E-state index in [1.54, 1.807) is 54.6 Å². The number of thioether (sulfide) groups is 1. The minimum atomic E-state index is -0.803. The third-order valence-electron chi connectivity index (χ3n) is 6.97. The van der Waals surface area contributed by atoms with Crippen molar-refractivity contribution in [3.05, 3.63) is 104 Å². The molecule has 3 amide bonds. The maximum atomic E-state index is 14.0. The first-order valence-electron chi connectivity index (χ1n) is 12.4. The molecule has 2 aliphatic heterocycles. The van der Waals surface area contributed by atoms with E-state index in [-0.39, 0.29) is 29.1 Å². The molecule has 0 aliphatic carbocycles. The lowest BCUT2D eigenvalue weighted by Gasteiger charge is -2.31. The first-order valence-corrected chi connectivity index (χ1v) is 14.5. The van der Waals surface area contributed by atoms with Gasteiger partial charge < -0.3 is 10.1 Å². The number of para-hydroxylation sites is 2. The van der Waals surface area contributed by atoms with Crippen LogP contribution in [0.2, 0.25) is 5.02 Å². The molecule has 0 bridgehead atoms. The average molecular weight is 592 g/mol. The van der Waals surface area contributed by atoms with Crippen LogP contribution in [0.15, 0.2) is 88.7 Å². The summed E-state index contributed by atoms with van der Waals surface area (Å²) in [6, 6.07) is 22.8. The third-order valence-corrected chi connectivity index (χ3v) is 9.82. The lowest BCUT2D eigenvalue weighted by molar-refractivity contribution is -0.122. The second kappa shape index (κ2) is 10.6. The van der Waals surface area contributed by atoms with Gasteiger partial charge in [-0.1, -0.05) is 71.1 Å². The summed E-state index contributed by atoms with van der Waals surface area (Å²) in [6.45, 7) is -0.231. The zero-order valence-electron chi connectivity index (χ0n) is 21.1. The second-order valence-corrected chi connectivity index (χ2v) is 11.9. The van der Waals surface area contributed by atoms with Crippen LogP contribution < -0.4 is 19.8 Å². The summed E-state index contributed by atoms with van der Waals surface area (Å²) in [5.41, 5.74) is 1.73. The first-order chi connectivity index (χ1) is 19.4. The SMILES string of the molecule is COc1ccccc1[C@@H]1c2sc(=O)n(CC(=O)Nc3ccccc3)c2S[C@H]2C(=O)N(c3ccc(Cl)cc3)C(=O)[C@@H]12. The van der Waals surface area contributed by atoms with Crippen LogP contribution >= 0.6 is 34.7 Å². The highest BCUT2D eigenvalue weighted by atomic mass is 35.5. The van der Waals surface area contributed by atoms with Gasteiger partial charge in [-0.3, -0.25) is 23.7 Å². The van der Waals surface area contributed by atoms with E-state index in [2.05, 4.69) is 5.32 Å². The number of ether oxygens (including phenoxy) is 1. The van der Waals surface area contributed by atoms with E-state index in [0.717, 1.165) is 23.1 Å². The number of hydrogen-bond acceptors (Lipinski definition) is 7. The van der Waals surface area contributed by atoms with Gasteiger partial charge in [-0.25, -0.2) is 4.90 Å². The van der Waals surface area contributed by atoms with Crippen molar-refractivity contribution in [2.45, 2.75) is 22.7 Å². The fourth-order valence-corrected chi connectivity index (χ4v) is 8.11. The normalized spacial score (nSPS) is 19.8. The molecule has 202 valence electrons. The lowest BCUT2D eigenvalue weighted by atomic mass is 9.82. The molecule has 40 heavy (non-hydrogen) atoms. The van der Waals surface area contributed by atoms with Crippen molar-refractivity contribution >= 4 is 63.8 Å². The first kappa shape index (κ1) is 26.4. The number of hydrogen-bond donors (Lipinski definition) is 1. The Morgan fingerprint density at radius 3 is 2.38 bits per heavy atom. The van der Waals surface area contributed by atoms with E-state index in [9.17, 15) is 19.2 Å². The van der Waals surface area contributed by atoms with Crippen molar-refractivity contribution in [1.82, 2.24) is 4.57 Å². The van der Waals surface area contributed by atoms with Crippen LogP contribution in [0.3, 0.4) is 0 Å². The molecule has 4 aromatic rings. The van der Waals surface area contributed by atoms with Crippen molar-refractivity contribution in [3.8, 4) is 5.75 Å². The van der Waals surface area contributed by atoms with Gasteiger partial charge in [-0.2, -0.15) is 0 Å². The highest BCUT2D eigenvalue weighted by Gasteiger charge is 2.57. The number of rotatable bonds is 6. The van der Waals surface area contributed by atoms with Gasteiger partial charge in [0.15, 0.2) is 0 Å². The number of anilines is 2. The fraction of sp³-hybridized carbons (Fsp3) is 0.172. The number of amides is 3. The Labute approximate surface area is 242 Å². The Kier molecular flexibility index (Phi) is 6.99. The molecule has 1 fully saturated rings. The molecule has 0 unspecified atom stereocenters. The highest BCUT2D eigenvalue weighted by Crippen LogP contribution is 2.55. The number of carbonyl (C=O) groups excluding carboxylic acids is 3. The number of aromatic nitrogens is 1. The number of benzene rings is 3. The Morgan fingerprint density at radius 1 is 0.950 bits per heavy atom. The Balaban J connectivity index is 1.44. The molecule has 1 saturated heterocycles. The summed E-state index contributed by atoms with van der Waals surface area (Å²) in [7, 11) is 1.54. The number of carbonyl (C=O) groups is 3. The molecule has 3 aromatic carbocycles. The van der Waals surface area contributed by atoms with E-state index < -0.39 is 17.1 Å². The summed E-state index contributed by atoms with van der Waals surface area (Å²) < 4.78 is 7.03. The maximum Gasteiger partial charge on any atom is 0.308 e. The molecule has 0 spiro atoms. The minimum absolute atomic E-state index is 0.231. The molecular weight excluding hydrogens is 570 g/mol. The van der Waals surface area contributed by atoms with Crippen molar-refractivity contribution in [2.24, 2.45) is 5.92 Å². The molecule has 6 rings (SSSR count). The van der Waals surface area contributed by atoms with Crippen molar-refractivity contribution in [2.75, 3.05) is 17.3 Å². The highest BCUT2D eigenvalue weighted by molar-refractivity contribution is 8.00. The van der Waals surface area contributed by atoms with Gasteiger partial charge in [-0.15, -0.1) is 0 Å². The molecule has 0 radical (unpaired) electrons. The van der Waals surface area contributed by atoms with Crippen molar-refractivity contribution < 1.29 is 19.1 Å². The summed E-state index contributed by atoms with van der Waals surface area (Å²) >= 11 is 8.20. The zero-order valence-corrected chi connectivity index (χ0v) is 23.5. The van der Waals surface area contributed by atoms with Crippen molar-refractivity contribution in [3.63, 3.8) is 0 Å². The smallest absolute Gasteiger partial charge is 0.308 e. The molecule has 0 saturated carbocycles. The summed E-state index contributed by atoms with van der Waals surface area (Å²) in [5, 5.41) is 3.00. The van der Waals surface area contributed by atoms with Crippen LogP contribution in [0.5, 0.6) is 5.75 Å². The maximum absolute atomic E-state index is 14.0. The second-order valence-electron chi connectivity index (χ2n) is 9.31. The predicted octanol–water partition coefficient (Wildman–Crippen LogP) is 5.01. The summed E-state index contributed by atoms with van der Waals surface area (Å²) in [6.07, 6.45) is 0. The van der Waals surface area contributed by atoms with E-state index in [1.165, 1.54) is 16.6 Å². The van der Waals surface area contributed by atoms with Crippen LogP contribution in [0, 0.1) is 5.92 Å². The van der Waals surface area contributed by atoms with Crippen LogP contribution in [-0.2, 0) is 20.9 Å². The standard InChI is InChI=1S/C29H22ClN3O5S2/c1-38-20-10-6-5-9-19(20)22-23-24(27(36)33(26(23)35)18-13-11-16(30)12-14-18)39-28-25(22)40-29(37)32(28)15-21(34)31-17-7-3-2-4-8-17/h2-14,22-24H,15H2,1H3,(H,31,34)/t22-,23-,24+/m0/s1. The van der Waals surface area contributed by atoms with E-state index >= 15 is 0 Å². The van der Waals surface area contributed by atoms with Gasteiger partial charge in [-0.05, 0) is 42.5 Å². The number of thiazole rings is 1. The van der Waals surface area contributed by atoms with E-state index in [0.29, 0.717) is 37.6 Å². The van der Waals surface area contributed by atoms with Gasteiger partial charge in [0, 0.05) is 27.1 Å². The minimum Gasteiger partial charge on any atom is -0.496 e. The summed E-state index contributed by atoms with van der Waals surface area (Å²) in [4.78, 5) is 55.5.